The van der Waals surface area contributed by atoms with Crippen molar-refractivity contribution in [2.24, 2.45) is 0 Å². The second kappa shape index (κ2) is 5.56. The molecule has 3 aromatic rings. The summed E-state index contributed by atoms with van der Waals surface area (Å²) in [6.45, 7) is 0. The molecule has 22 heavy (non-hydrogen) atoms. The molecule has 0 bridgehead atoms. The molecule has 1 nitrogen and oxygen atoms in total. The third kappa shape index (κ3) is 2.59. The van der Waals surface area contributed by atoms with E-state index in [0.717, 1.165) is 26.9 Å². The smallest absolute Gasteiger partial charge is 0.131 e. The van der Waals surface area contributed by atoms with Gasteiger partial charge in [0.05, 0.1) is 0 Å². The van der Waals surface area contributed by atoms with Crippen LogP contribution in [-0.2, 0) is 6.42 Å². The topological polar surface area (TPSA) is 9.23 Å². The van der Waals surface area contributed by atoms with E-state index in [2.05, 4.69) is 74.3 Å². The van der Waals surface area contributed by atoms with Crippen molar-refractivity contribution in [3.05, 3.63) is 80.7 Å². The normalized spacial score (nSPS) is 12.3. The molecule has 0 amide bonds. The monoisotopic (exact) mass is 414 g/mol. The molecule has 0 spiro atoms. The molecule has 0 fully saturated rings. The highest BCUT2D eigenvalue weighted by Crippen LogP contribution is 2.38. The first-order valence-corrected chi connectivity index (χ1v) is 8.63. The second-order valence-electron chi connectivity index (χ2n) is 5.37. The van der Waals surface area contributed by atoms with Crippen LogP contribution in [0.5, 0.6) is 11.5 Å². The van der Waals surface area contributed by atoms with Crippen LogP contribution >= 0.6 is 31.9 Å². The van der Waals surface area contributed by atoms with Gasteiger partial charge >= 0.3 is 0 Å². The van der Waals surface area contributed by atoms with Crippen LogP contribution in [0, 0.1) is 0 Å². The molecule has 3 aromatic carbocycles. The molecule has 1 aliphatic heterocycles. The van der Waals surface area contributed by atoms with Gasteiger partial charge in [-0.05, 0) is 58.7 Å². The first kappa shape index (κ1) is 14.0. The van der Waals surface area contributed by atoms with Crippen LogP contribution in [0.4, 0.5) is 0 Å². The van der Waals surface area contributed by atoms with Gasteiger partial charge in [0.2, 0.25) is 0 Å². The Morgan fingerprint density at radius 1 is 0.682 bits per heavy atom. The maximum absolute atomic E-state index is 6.00. The summed E-state index contributed by atoms with van der Waals surface area (Å²) in [6, 6.07) is 20.9. The Morgan fingerprint density at radius 3 is 2.23 bits per heavy atom. The van der Waals surface area contributed by atoms with Crippen LogP contribution < -0.4 is 4.74 Å². The van der Waals surface area contributed by atoms with Gasteiger partial charge in [0, 0.05) is 15.4 Å². The fraction of sp³-hybridized carbons (Fsp3) is 0.0526. The highest BCUT2D eigenvalue weighted by molar-refractivity contribution is 9.11. The van der Waals surface area contributed by atoms with E-state index in [1.54, 1.807) is 0 Å². The molecule has 0 aromatic heterocycles. The number of rotatable bonds is 1. The molecule has 0 atom stereocenters. The van der Waals surface area contributed by atoms with E-state index in [1.807, 2.05) is 18.2 Å². The van der Waals surface area contributed by atoms with Crippen LogP contribution in [0.2, 0.25) is 0 Å². The fourth-order valence-corrected chi connectivity index (χ4v) is 4.08. The van der Waals surface area contributed by atoms with Gasteiger partial charge in [-0.25, -0.2) is 0 Å². The van der Waals surface area contributed by atoms with Gasteiger partial charge < -0.3 is 4.74 Å². The fourth-order valence-electron chi connectivity index (χ4n) is 2.79. The molecule has 1 heterocycles. The zero-order valence-electron chi connectivity index (χ0n) is 11.6. The van der Waals surface area contributed by atoms with Gasteiger partial charge in [0.15, 0.2) is 0 Å². The van der Waals surface area contributed by atoms with Crippen molar-refractivity contribution in [3.8, 4) is 22.6 Å². The molecule has 0 radical (unpaired) electrons. The van der Waals surface area contributed by atoms with E-state index < -0.39 is 0 Å². The SMILES string of the molecule is Brc1cc(Br)cc(-c2ccc3c(c2)Cc2ccccc2O3)c1. The lowest BCUT2D eigenvalue weighted by atomic mass is 9.96. The number of hydrogen-bond acceptors (Lipinski definition) is 1. The Kier molecular flexibility index (Phi) is 3.55. The summed E-state index contributed by atoms with van der Waals surface area (Å²) in [5, 5.41) is 0. The number of benzene rings is 3. The molecule has 4 rings (SSSR count). The predicted octanol–water partition coefficient (Wildman–Crippen LogP) is 6.58. The van der Waals surface area contributed by atoms with Crippen molar-refractivity contribution in [1.29, 1.82) is 0 Å². The van der Waals surface area contributed by atoms with Crippen LogP contribution in [0.3, 0.4) is 0 Å². The van der Waals surface area contributed by atoms with Crippen molar-refractivity contribution in [2.75, 3.05) is 0 Å². The molecule has 0 saturated heterocycles. The molecule has 0 saturated carbocycles. The van der Waals surface area contributed by atoms with Gasteiger partial charge in [-0.3, -0.25) is 0 Å². The third-order valence-corrected chi connectivity index (χ3v) is 4.75. The lowest BCUT2D eigenvalue weighted by Gasteiger charge is -2.20. The number of hydrogen-bond donors (Lipinski definition) is 0. The van der Waals surface area contributed by atoms with Crippen LogP contribution in [0.15, 0.2) is 69.6 Å². The van der Waals surface area contributed by atoms with Gasteiger partial charge in [-0.15, -0.1) is 0 Å². The Balaban J connectivity index is 1.77. The summed E-state index contributed by atoms with van der Waals surface area (Å²) >= 11 is 7.10. The molecule has 0 aliphatic carbocycles. The number of para-hydroxylation sites is 1. The van der Waals surface area contributed by atoms with Crippen LogP contribution in [0.25, 0.3) is 11.1 Å². The Bertz CT molecular complexity index is 851. The van der Waals surface area contributed by atoms with Crippen molar-refractivity contribution in [1.82, 2.24) is 0 Å². The molecule has 108 valence electrons. The summed E-state index contributed by atoms with van der Waals surface area (Å²) in [5.74, 6) is 1.92. The quantitative estimate of drug-likeness (QED) is 0.341. The number of halogens is 2. The maximum Gasteiger partial charge on any atom is 0.131 e. The van der Waals surface area contributed by atoms with Crippen LogP contribution in [-0.4, -0.2) is 0 Å². The number of ether oxygens (including phenoxy) is 1. The van der Waals surface area contributed by atoms with Gasteiger partial charge in [-0.1, -0.05) is 56.1 Å². The van der Waals surface area contributed by atoms with Crippen LogP contribution in [0.1, 0.15) is 11.1 Å². The molecular weight excluding hydrogens is 404 g/mol. The summed E-state index contributed by atoms with van der Waals surface area (Å²) in [4.78, 5) is 0. The van der Waals surface area contributed by atoms with Gasteiger partial charge in [-0.2, -0.15) is 0 Å². The standard InChI is InChI=1S/C19H12Br2O/c20-16-9-14(10-17(21)11-16)12-5-6-19-15(7-12)8-13-3-1-2-4-18(13)22-19/h1-7,9-11H,8H2. The highest BCUT2D eigenvalue weighted by atomic mass is 79.9. The average molecular weight is 416 g/mol. The minimum Gasteiger partial charge on any atom is -0.457 e. The summed E-state index contributed by atoms with van der Waals surface area (Å²) in [6.07, 6.45) is 0.911. The summed E-state index contributed by atoms with van der Waals surface area (Å²) < 4.78 is 8.13. The molecular formula is C19H12Br2O. The van der Waals surface area contributed by atoms with Crippen molar-refractivity contribution in [3.63, 3.8) is 0 Å². The molecule has 0 N–H and O–H groups in total. The molecule has 3 heteroatoms. The van der Waals surface area contributed by atoms with E-state index >= 15 is 0 Å². The van der Waals surface area contributed by atoms with E-state index in [1.165, 1.54) is 22.3 Å². The van der Waals surface area contributed by atoms with E-state index in [4.69, 9.17) is 4.74 Å². The van der Waals surface area contributed by atoms with Crippen molar-refractivity contribution >= 4 is 31.9 Å². The third-order valence-electron chi connectivity index (χ3n) is 3.83. The minimum absolute atomic E-state index is 0.911. The van der Waals surface area contributed by atoms with E-state index in [9.17, 15) is 0 Å². The highest BCUT2D eigenvalue weighted by Gasteiger charge is 2.17. The minimum atomic E-state index is 0.911. The summed E-state index contributed by atoms with van der Waals surface area (Å²) in [5.41, 5.74) is 4.85. The first-order valence-electron chi connectivity index (χ1n) is 7.04. The maximum atomic E-state index is 6.00. The number of fused-ring (bicyclic) bond motifs is 2. The predicted molar refractivity (Wildman–Crippen MR) is 96.6 cm³/mol. The van der Waals surface area contributed by atoms with Crippen molar-refractivity contribution in [2.45, 2.75) is 6.42 Å². The summed E-state index contributed by atoms with van der Waals surface area (Å²) in [7, 11) is 0. The van der Waals surface area contributed by atoms with Gasteiger partial charge in [0.25, 0.3) is 0 Å². The lowest BCUT2D eigenvalue weighted by molar-refractivity contribution is 0.460. The zero-order valence-corrected chi connectivity index (χ0v) is 14.8. The largest absolute Gasteiger partial charge is 0.457 e. The Labute approximate surface area is 146 Å². The Hall–Kier alpha value is -1.58. The molecule has 1 aliphatic rings. The Morgan fingerprint density at radius 2 is 1.41 bits per heavy atom. The zero-order chi connectivity index (χ0) is 15.1. The van der Waals surface area contributed by atoms with E-state index in [0.29, 0.717) is 0 Å². The first-order chi connectivity index (χ1) is 10.7. The molecule has 0 unspecified atom stereocenters. The van der Waals surface area contributed by atoms with E-state index in [-0.39, 0.29) is 0 Å². The van der Waals surface area contributed by atoms with Crippen molar-refractivity contribution < 1.29 is 4.74 Å². The second-order valence-corrected chi connectivity index (χ2v) is 7.20. The lowest BCUT2D eigenvalue weighted by Crippen LogP contribution is -2.02. The average Bonchev–Trinajstić information content (AvgIpc) is 2.51. The van der Waals surface area contributed by atoms with Gasteiger partial charge in [0.1, 0.15) is 11.5 Å².